The molecule has 3 rings (SSSR count). The number of hydrogen-bond donors (Lipinski definition) is 2. The summed E-state index contributed by atoms with van der Waals surface area (Å²) in [5.41, 5.74) is 1.66. The van der Waals surface area contributed by atoms with Crippen molar-refractivity contribution in [1.82, 2.24) is 4.90 Å². The predicted molar refractivity (Wildman–Crippen MR) is 70.1 cm³/mol. The third kappa shape index (κ3) is 1.90. The standard InChI is InChI=1S/C14H16N2O3/c1-16-13(18)9-6-5-8(7-10(9)14(16)19)15-11-3-2-4-12(11)17/h5-7,11-12,15,17H,2-4H2,1H3/t11-,12-/m0/s1. The van der Waals surface area contributed by atoms with Gasteiger partial charge in [0.15, 0.2) is 0 Å². The van der Waals surface area contributed by atoms with Gasteiger partial charge in [0, 0.05) is 12.7 Å². The van der Waals surface area contributed by atoms with E-state index in [9.17, 15) is 14.7 Å². The molecule has 1 heterocycles. The fraction of sp³-hybridized carbons (Fsp3) is 0.429. The van der Waals surface area contributed by atoms with Crippen LogP contribution in [0.15, 0.2) is 18.2 Å². The molecule has 1 fully saturated rings. The van der Waals surface area contributed by atoms with Crippen molar-refractivity contribution in [3.8, 4) is 0 Å². The molecule has 19 heavy (non-hydrogen) atoms. The van der Waals surface area contributed by atoms with Crippen LogP contribution >= 0.6 is 0 Å². The van der Waals surface area contributed by atoms with E-state index in [2.05, 4.69) is 5.32 Å². The summed E-state index contributed by atoms with van der Waals surface area (Å²) in [5, 5.41) is 13.0. The third-order valence-electron chi connectivity index (χ3n) is 3.92. The number of nitrogens with zero attached hydrogens (tertiary/aromatic N) is 1. The van der Waals surface area contributed by atoms with Crippen molar-refractivity contribution in [1.29, 1.82) is 0 Å². The Morgan fingerprint density at radius 3 is 2.63 bits per heavy atom. The molecule has 0 aromatic heterocycles. The summed E-state index contributed by atoms with van der Waals surface area (Å²) in [6.45, 7) is 0. The van der Waals surface area contributed by atoms with Crippen molar-refractivity contribution in [2.75, 3.05) is 12.4 Å². The minimum atomic E-state index is -0.340. The van der Waals surface area contributed by atoms with Crippen molar-refractivity contribution in [2.24, 2.45) is 0 Å². The highest BCUT2D eigenvalue weighted by Gasteiger charge is 2.33. The van der Waals surface area contributed by atoms with E-state index in [1.54, 1.807) is 18.2 Å². The maximum Gasteiger partial charge on any atom is 0.261 e. The molecule has 0 unspecified atom stereocenters. The zero-order valence-corrected chi connectivity index (χ0v) is 10.7. The molecule has 5 nitrogen and oxygen atoms in total. The second-order valence-corrected chi connectivity index (χ2v) is 5.18. The highest BCUT2D eigenvalue weighted by Crippen LogP contribution is 2.27. The Balaban J connectivity index is 1.87. The average molecular weight is 260 g/mol. The number of rotatable bonds is 2. The van der Waals surface area contributed by atoms with Gasteiger partial charge in [-0.2, -0.15) is 0 Å². The Morgan fingerprint density at radius 2 is 1.95 bits per heavy atom. The van der Waals surface area contributed by atoms with Gasteiger partial charge in [0.25, 0.3) is 11.8 Å². The number of imide groups is 1. The largest absolute Gasteiger partial charge is 0.391 e. The number of hydrogen-bond acceptors (Lipinski definition) is 4. The first-order valence-electron chi connectivity index (χ1n) is 6.49. The molecular formula is C14H16N2O3. The summed E-state index contributed by atoms with van der Waals surface area (Å²) < 4.78 is 0. The van der Waals surface area contributed by atoms with E-state index in [0.717, 1.165) is 29.8 Å². The van der Waals surface area contributed by atoms with Crippen LogP contribution in [0.3, 0.4) is 0 Å². The molecule has 0 saturated heterocycles. The summed E-state index contributed by atoms with van der Waals surface area (Å²) in [5.74, 6) is -0.525. The van der Waals surface area contributed by atoms with Crippen LogP contribution in [0.25, 0.3) is 0 Å². The molecule has 1 aromatic rings. The molecule has 0 radical (unpaired) electrons. The number of nitrogens with one attached hydrogen (secondary N) is 1. The number of aliphatic hydroxyl groups excluding tert-OH is 1. The number of carbonyl (C=O) groups excluding carboxylic acids is 2. The molecule has 2 atom stereocenters. The quantitative estimate of drug-likeness (QED) is 0.785. The molecule has 1 aromatic carbocycles. The van der Waals surface area contributed by atoms with E-state index in [-0.39, 0.29) is 24.0 Å². The lowest BCUT2D eigenvalue weighted by molar-refractivity contribution is 0.0693. The summed E-state index contributed by atoms with van der Waals surface area (Å²) in [4.78, 5) is 24.8. The Bertz CT molecular complexity index is 556. The smallest absolute Gasteiger partial charge is 0.261 e. The number of carbonyl (C=O) groups is 2. The van der Waals surface area contributed by atoms with Crippen LogP contribution in [0.5, 0.6) is 0 Å². The second-order valence-electron chi connectivity index (χ2n) is 5.18. The van der Waals surface area contributed by atoms with Crippen LogP contribution in [0.4, 0.5) is 5.69 Å². The zero-order chi connectivity index (χ0) is 13.6. The SMILES string of the molecule is CN1C(=O)c2ccc(N[C@H]3CCC[C@@H]3O)cc2C1=O. The summed E-state index contributed by atoms with van der Waals surface area (Å²) in [6, 6.07) is 5.18. The van der Waals surface area contributed by atoms with Gasteiger partial charge >= 0.3 is 0 Å². The van der Waals surface area contributed by atoms with E-state index in [1.165, 1.54) is 7.05 Å². The maximum absolute atomic E-state index is 11.9. The number of anilines is 1. The Hall–Kier alpha value is -1.88. The first-order chi connectivity index (χ1) is 9.08. The van der Waals surface area contributed by atoms with E-state index < -0.39 is 0 Å². The minimum Gasteiger partial charge on any atom is -0.391 e. The van der Waals surface area contributed by atoms with Crippen molar-refractivity contribution in [2.45, 2.75) is 31.4 Å². The molecule has 1 aliphatic heterocycles. The van der Waals surface area contributed by atoms with Gasteiger partial charge in [-0.15, -0.1) is 0 Å². The number of fused-ring (bicyclic) bond motifs is 1. The first kappa shape index (κ1) is 12.2. The predicted octanol–water partition coefficient (Wildman–Crippen LogP) is 1.24. The van der Waals surface area contributed by atoms with E-state index in [1.807, 2.05) is 0 Å². The van der Waals surface area contributed by atoms with Crippen molar-refractivity contribution >= 4 is 17.5 Å². The lowest BCUT2D eigenvalue weighted by Gasteiger charge is -2.18. The van der Waals surface area contributed by atoms with Crippen LogP contribution in [-0.4, -0.2) is 41.0 Å². The van der Waals surface area contributed by atoms with Gasteiger partial charge in [-0.3, -0.25) is 14.5 Å². The Kier molecular flexibility index (Phi) is 2.78. The fourth-order valence-corrected chi connectivity index (χ4v) is 2.77. The number of amides is 2. The van der Waals surface area contributed by atoms with Crippen molar-refractivity contribution in [3.63, 3.8) is 0 Å². The van der Waals surface area contributed by atoms with Crippen LogP contribution in [0.1, 0.15) is 40.0 Å². The Morgan fingerprint density at radius 1 is 1.21 bits per heavy atom. The maximum atomic E-state index is 11.9. The van der Waals surface area contributed by atoms with Gasteiger partial charge in [0.2, 0.25) is 0 Å². The molecule has 100 valence electrons. The molecule has 0 spiro atoms. The highest BCUT2D eigenvalue weighted by molar-refractivity contribution is 6.21. The molecule has 0 bridgehead atoms. The monoisotopic (exact) mass is 260 g/mol. The zero-order valence-electron chi connectivity index (χ0n) is 10.7. The molecule has 1 aliphatic carbocycles. The van der Waals surface area contributed by atoms with Crippen LogP contribution in [0, 0.1) is 0 Å². The average Bonchev–Trinajstić information content (AvgIpc) is 2.89. The van der Waals surface area contributed by atoms with Crippen molar-refractivity contribution < 1.29 is 14.7 Å². The lowest BCUT2D eigenvalue weighted by atomic mass is 10.1. The normalized spacial score (nSPS) is 25.9. The van der Waals surface area contributed by atoms with Crippen molar-refractivity contribution in [3.05, 3.63) is 29.3 Å². The van der Waals surface area contributed by atoms with Gasteiger partial charge in [-0.1, -0.05) is 0 Å². The molecule has 2 amide bonds. The summed E-state index contributed by atoms with van der Waals surface area (Å²) in [7, 11) is 1.48. The third-order valence-corrected chi connectivity index (χ3v) is 3.92. The molecule has 2 N–H and O–H groups in total. The first-order valence-corrected chi connectivity index (χ1v) is 6.49. The number of benzene rings is 1. The van der Waals surface area contributed by atoms with E-state index in [0.29, 0.717) is 11.1 Å². The van der Waals surface area contributed by atoms with Crippen LogP contribution in [0.2, 0.25) is 0 Å². The molecule has 2 aliphatic rings. The minimum absolute atomic E-state index is 0.0305. The summed E-state index contributed by atoms with van der Waals surface area (Å²) in [6.07, 6.45) is 2.39. The fourth-order valence-electron chi connectivity index (χ4n) is 2.77. The van der Waals surface area contributed by atoms with Crippen LogP contribution in [-0.2, 0) is 0 Å². The number of aliphatic hydroxyl groups is 1. The summed E-state index contributed by atoms with van der Waals surface area (Å²) >= 11 is 0. The van der Waals surface area contributed by atoms with Gasteiger partial charge in [0.1, 0.15) is 0 Å². The van der Waals surface area contributed by atoms with Gasteiger partial charge in [0.05, 0.1) is 23.3 Å². The van der Waals surface area contributed by atoms with Crippen LogP contribution < -0.4 is 5.32 Å². The highest BCUT2D eigenvalue weighted by atomic mass is 16.3. The Labute approximate surface area is 111 Å². The molecular weight excluding hydrogens is 244 g/mol. The molecule has 5 heteroatoms. The lowest BCUT2D eigenvalue weighted by Crippen LogP contribution is -2.27. The van der Waals surface area contributed by atoms with Gasteiger partial charge < -0.3 is 10.4 Å². The second kappa shape index (κ2) is 4.35. The van der Waals surface area contributed by atoms with E-state index in [4.69, 9.17) is 0 Å². The molecule has 1 saturated carbocycles. The van der Waals surface area contributed by atoms with E-state index >= 15 is 0 Å². The van der Waals surface area contributed by atoms with Gasteiger partial charge in [-0.25, -0.2) is 0 Å². The van der Waals surface area contributed by atoms with Gasteiger partial charge in [-0.05, 0) is 37.5 Å². The topological polar surface area (TPSA) is 69.6 Å².